The molecule has 0 spiro atoms. The third kappa shape index (κ3) is 28.2. The molecule has 0 radical (unpaired) electrons. The van der Waals surface area contributed by atoms with Crippen LogP contribution in [0.4, 0.5) is 0 Å². The van der Waals surface area contributed by atoms with Gasteiger partial charge in [-0.3, -0.25) is 4.79 Å². The van der Waals surface area contributed by atoms with Gasteiger partial charge in [0.1, 0.15) is 128 Å². The number of carboxylic acids is 3. The Balaban J connectivity index is 0.803. The quantitative estimate of drug-likeness (QED) is 0.00997. The number of benzene rings is 9. The van der Waals surface area contributed by atoms with Crippen molar-refractivity contribution in [3.05, 3.63) is 344 Å². The highest BCUT2D eigenvalue weighted by Gasteiger charge is 2.62. The second-order valence-electron chi connectivity index (χ2n) is 35.2. The van der Waals surface area contributed by atoms with E-state index in [4.69, 9.17) is 99.5 Å². The van der Waals surface area contributed by atoms with Gasteiger partial charge < -0.3 is 141 Å². The molecule has 6 heterocycles. The van der Waals surface area contributed by atoms with Gasteiger partial charge in [0.2, 0.25) is 5.91 Å². The highest BCUT2D eigenvalue weighted by Crippen LogP contribution is 2.44. The van der Waals surface area contributed by atoms with Gasteiger partial charge in [0, 0.05) is 16.7 Å². The second-order valence-corrected chi connectivity index (χ2v) is 35.2. The van der Waals surface area contributed by atoms with Gasteiger partial charge in [-0.05, 0) is 75.0 Å². The number of carbonyl (C=O) groups excluding carboxylic acids is 1. The summed E-state index contributed by atoms with van der Waals surface area (Å²) in [6, 6.07) is 74.2. The minimum absolute atomic E-state index is 0.111. The average molecular weight is 1980 g/mol. The topological polar surface area (TPSA) is 513 Å². The summed E-state index contributed by atoms with van der Waals surface area (Å²) in [5.74, 6) is -5.55. The van der Waals surface area contributed by atoms with Crippen molar-refractivity contribution in [2.24, 2.45) is 10.2 Å². The number of aliphatic hydroxyl groups is 4. The van der Waals surface area contributed by atoms with Crippen LogP contribution in [-0.4, -0.2) is 270 Å². The average Bonchev–Trinajstić information content (AvgIpc) is 0.747. The number of ether oxygens (including phenoxy) is 21. The van der Waals surface area contributed by atoms with E-state index in [1.165, 1.54) is 6.92 Å². The maximum absolute atomic E-state index is 15.0. The summed E-state index contributed by atoms with van der Waals surface area (Å²) in [6.07, 6.45) is -49.3. The molecule has 6 aliphatic heterocycles. The number of azide groups is 2. The highest BCUT2D eigenvalue weighted by atomic mass is 16.8. The number of aliphatic hydroxyl groups excluding tert-OH is 4. The van der Waals surface area contributed by atoms with Crippen LogP contribution in [0, 0.1) is 0 Å². The number of amides is 1. The van der Waals surface area contributed by atoms with E-state index in [-0.39, 0.29) is 59.5 Å². The Morgan fingerprint density at radius 1 is 0.322 bits per heavy atom. The molecule has 6 saturated heterocycles. The summed E-state index contributed by atoms with van der Waals surface area (Å²) in [5, 5.41) is 95.5. The Morgan fingerprint density at radius 3 is 0.930 bits per heavy atom. The zero-order valence-corrected chi connectivity index (χ0v) is 78.4. The lowest BCUT2D eigenvalue weighted by atomic mass is 9.93. The van der Waals surface area contributed by atoms with E-state index in [0.717, 1.165) is 0 Å². The molecule has 9 aromatic rings. The van der Waals surface area contributed by atoms with Gasteiger partial charge in [-0.15, -0.1) is 0 Å². The van der Waals surface area contributed by atoms with Crippen molar-refractivity contribution in [3.63, 3.8) is 0 Å². The number of carboxylic acid groups (broad SMARTS) is 3. The molecule has 760 valence electrons. The number of nitrogens with zero attached hydrogens (tertiary/aromatic N) is 6. The van der Waals surface area contributed by atoms with E-state index < -0.39 is 234 Å². The third-order valence-corrected chi connectivity index (χ3v) is 24.8. The van der Waals surface area contributed by atoms with Crippen LogP contribution in [0.15, 0.2) is 283 Å². The van der Waals surface area contributed by atoms with Crippen LogP contribution in [-0.2, 0) is 178 Å². The Hall–Kier alpha value is -11.5. The molecule has 8 N–H and O–H groups in total. The first-order chi connectivity index (χ1) is 69.7. The number of carbonyl (C=O) groups is 4. The molecule has 0 aromatic heterocycles. The van der Waals surface area contributed by atoms with E-state index in [1.54, 1.807) is 287 Å². The van der Waals surface area contributed by atoms with Crippen LogP contribution in [0.1, 0.15) is 70.8 Å². The molecule has 39 heteroatoms. The monoisotopic (exact) mass is 1980 g/mol. The molecule has 1 amide bonds. The van der Waals surface area contributed by atoms with Gasteiger partial charge in [-0.25, -0.2) is 14.4 Å². The van der Waals surface area contributed by atoms with Crippen LogP contribution in [0.25, 0.3) is 20.9 Å². The summed E-state index contributed by atoms with van der Waals surface area (Å²) >= 11 is 0. The standard InChI is InChI=1S/C104H117N7O32/c1-61(2)132-99-75(107-62(3)114)83(124-52-64-33-15-5-16-34-64)80(72(49-112)133-99)136-103-79(116)87(128-56-68-41-23-9-24-42-68)90(93(142-103)97(119)120)139-101-77(109-111-106)85(126-54-66-37-19-7-20-38-66)82(74(135-101)60-123-51-63-31-13-4-14-32-63)138-104-95(131-59-71-47-29-12-30-48-71)89(130-58-70-45-27-11-28-46-70)91(94(143-104)98(121)122)140-100-76(108-110-105)84(125-53-65-35-17-6-18-36-65)81(73(50-113)134-100)137-102-78(115)86(127-55-67-39-21-8-22-40-67)88(92(141-102)96(117)118)129-57-69-43-25-10-26-44-69/h4-48,61,72-95,99-104,112-113,115-116H,49-60H2,1-3H3,(H,107,114)(H,117,118)(H,119,120)(H,121,122)/t72-,73-,74-,75-,76-,77-,78-,79-,80-,81-,82-,83-,84-,85-,86-,87-,88+,89+,90+,91+,92-,93-,94-,95-,99+,100-,101-,102-,103-,104-/m1/s1. The fraction of sp³-hybridized carbons (Fsp3) is 0.442. The van der Waals surface area contributed by atoms with E-state index in [0.29, 0.717) is 50.1 Å². The number of nitrogens with one attached hydrogen (secondary N) is 1. The molecule has 0 aliphatic carbocycles. The first kappa shape index (κ1) is 106. The summed E-state index contributed by atoms with van der Waals surface area (Å²) in [5.41, 5.74) is 27.3. The largest absolute Gasteiger partial charge is 0.479 e. The van der Waals surface area contributed by atoms with Crippen LogP contribution < -0.4 is 5.32 Å². The van der Waals surface area contributed by atoms with Crippen molar-refractivity contribution in [1.29, 1.82) is 0 Å². The van der Waals surface area contributed by atoms with Crippen LogP contribution in [0.5, 0.6) is 0 Å². The smallest absolute Gasteiger partial charge is 0.335 e. The van der Waals surface area contributed by atoms with Gasteiger partial charge >= 0.3 is 17.9 Å². The van der Waals surface area contributed by atoms with E-state index in [2.05, 4.69) is 25.4 Å². The predicted molar refractivity (Wildman–Crippen MR) is 501 cm³/mol. The molecule has 30 atom stereocenters. The van der Waals surface area contributed by atoms with Gasteiger partial charge in [-0.2, -0.15) is 0 Å². The molecule has 0 unspecified atom stereocenters. The first-order valence-electron chi connectivity index (χ1n) is 47.0. The van der Waals surface area contributed by atoms with Gasteiger partial charge in [0.25, 0.3) is 0 Å². The maximum atomic E-state index is 15.0. The van der Waals surface area contributed by atoms with E-state index >= 15 is 0 Å². The summed E-state index contributed by atoms with van der Waals surface area (Å²) in [7, 11) is 0. The number of hydrogen-bond acceptors (Lipinski definition) is 31. The summed E-state index contributed by atoms with van der Waals surface area (Å²) in [6.45, 7) is 0.242. The minimum Gasteiger partial charge on any atom is -0.479 e. The first-order valence-corrected chi connectivity index (χ1v) is 47.0. The Labute approximate surface area is 824 Å². The molecular weight excluding hydrogens is 1860 g/mol. The molecule has 6 fully saturated rings. The van der Waals surface area contributed by atoms with Crippen LogP contribution in [0.3, 0.4) is 0 Å². The molecule has 15 rings (SSSR count). The summed E-state index contributed by atoms with van der Waals surface area (Å²) in [4.78, 5) is 62.9. The minimum atomic E-state index is -2.31. The molecule has 143 heavy (non-hydrogen) atoms. The normalized spacial score (nSPS) is 30.8. The Morgan fingerprint density at radius 2 is 0.587 bits per heavy atom. The summed E-state index contributed by atoms with van der Waals surface area (Å²) < 4.78 is 142. The lowest BCUT2D eigenvalue weighted by Gasteiger charge is -2.52. The molecule has 9 aromatic carbocycles. The van der Waals surface area contributed by atoms with Crippen molar-refractivity contribution in [2.45, 2.75) is 270 Å². The predicted octanol–water partition coefficient (Wildman–Crippen LogP) is 10.4. The lowest BCUT2D eigenvalue weighted by molar-refractivity contribution is -0.387. The van der Waals surface area contributed by atoms with Crippen molar-refractivity contribution in [1.82, 2.24) is 5.32 Å². The lowest BCUT2D eigenvalue weighted by Crippen LogP contribution is -2.70. The fourth-order valence-electron chi connectivity index (χ4n) is 17.9. The van der Waals surface area contributed by atoms with E-state index in [9.17, 15) is 66.0 Å². The SMILES string of the molecule is CC(=O)N[C@H]1[C@@H](OC(C)C)O[C@H](CO)[C@@H](O[C@@H]2O[C@@H](C(=O)O)[C@@H](O[C@H]3O[C@H](COCc4ccccc4)[C@@H](O[C@@H]4O[C@@H](C(=O)O)[C@@H](O[C@H]5O[C@H](CO)[C@@H](O[C@@H]6O[C@@H](C(=O)O)[C@@H](OCc7ccccc7)[C@H](OCc7ccccc7)[C@H]6O)[C@H](OCc6ccccc6)[C@H]5N=[N+]=[N-])[C@H](OCc5ccccc5)[C@H]4OCc4ccccc4)[C@H](OCc4ccccc4)[C@H]3N=[N+]=[N-])[C@H](OCc3ccccc3)[C@H]2O)[C@@H]1OCc1ccccc1. The number of hydrogen-bond donors (Lipinski definition) is 8. The number of rotatable bonds is 48. The highest BCUT2D eigenvalue weighted by molar-refractivity contribution is 5.75. The second kappa shape index (κ2) is 52.8. The third-order valence-electron chi connectivity index (χ3n) is 24.8. The van der Waals surface area contributed by atoms with Crippen molar-refractivity contribution < 1.29 is 154 Å². The number of aliphatic carboxylic acids is 3. The van der Waals surface area contributed by atoms with Gasteiger partial charge in [0.15, 0.2) is 56.1 Å². The zero-order chi connectivity index (χ0) is 100. The maximum Gasteiger partial charge on any atom is 0.335 e. The molecule has 0 saturated carbocycles. The Kier molecular flexibility index (Phi) is 39.1. The van der Waals surface area contributed by atoms with Gasteiger partial charge in [0.05, 0.1) is 85.4 Å². The van der Waals surface area contributed by atoms with Crippen molar-refractivity contribution in [2.75, 3.05) is 19.8 Å². The zero-order valence-electron chi connectivity index (χ0n) is 78.4. The van der Waals surface area contributed by atoms with E-state index in [1.807, 2.05) is 0 Å². The van der Waals surface area contributed by atoms with Crippen LogP contribution in [0.2, 0.25) is 0 Å². The molecule has 6 aliphatic rings. The van der Waals surface area contributed by atoms with Gasteiger partial charge in [-0.1, -0.05) is 283 Å². The van der Waals surface area contributed by atoms with Crippen molar-refractivity contribution in [3.8, 4) is 0 Å². The van der Waals surface area contributed by atoms with Crippen LogP contribution >= 0.6 is 0 Å². The fourth-order valence-corrected chi connectivity index (χ4v) is 17.9. The molecular formula is C104H117N7O32. The molecule has 0 bridgehead atoms. The Bertz CT molecular complexity index is 5490. The molecule has 39 nitrogen and oxygen atoms in total. The van der Waals surface area contributed by atoms with Crippen molar-refractivity contribution >= 4 is 23.8 Å².